The van der Waals surface area contributed by atoms with Gasteiger partial charge in [-0.25, -0.2) is 0 Å². The fourth-order valence-corrected chi connectivity index (χ4v) is 2.91. The van der Waals surface area contributed by atoms with Gasteiger partial charge in [0.05, 0.1) is 12.2 Å². The van der Waals surface area contributed by atoms with Crippen molar-refractivity contribution in [3.8, 4) is 0 Å². The van der Waals surface area contributed by atoms with Crippen molar-refractivity contribution in [2.75, 3.05) is 33.4 Å². The van der Waals surface area contributed by atoms with Gasteiger partial charge in [0.15, 0.2) is 0 Å². The van der Waals surface area contributed by atoms with Crippen molar-refractivity contribution in [2.24, 2.45) is 0 Å². The second-order valence-electron chi connectivity index (χ2n) is 5.35. The van der Waals surface area contributed by atoms with Crippen molar-refractivity contribution < 1.29 is 9.47 Å². The normalized spacial score (nSPS) is 31.7. The van der Waals surface area contributed by atoms with Gasteiger partial charge in [-0.15, -0.1) is 0 Å². The van der Waals surface area contributed by atoms with Crippen LogP contribution in [0.15, 0.2) is 0 Å². The molecule has 2 saturated carbocycles. The lowest BCUT2D eigenvalue weighted by Gasteiger charge is -2.43. The molecule has 2 aliphatic rings. The summed E-state index contributed by atoms with van der Waals surface area (Å²) in [6.07, 6.45) is 4.40. The van der Waals surface area contributed by atoms with Crippen LogP contribution in [-0.2, 0) is 9.47 Å². The number of likely N-dealkylation sites (N-methyl/N-ethyl adjacent to an activating group) is 1. The molecule has 3 unspecified atom stereocenters. The summed E-state index contributed by atoms with van der Waals surface area (Å²) in [4.78, 5) is 2.58. The van der Waals surface area contributed by atoms with E-state index in [0.29, 0.717) is 12.1 Å². The van der Waals surface area contributed by atoms with Gasteiger partial charge in [0.2, 0.25) is 0 Å². The lowest BCUT2D eigenvalue weighted by molar-refractivity contribution is -0.131. The average molecular weight is 256 g/mol. The summed E-state index contributed by atoms with van der Waals surface area (Å²) in [6, 6.07) is 1.34. The van der Waals surface area contributed by atoms with E-state index in [2.05, 4.69) is 17.1 Å². The van der Waals surface area contributed by atoms with E-state index >= 15 is 0 Å². The van der Waals surface area contributed by atoms with E-state index in [1.165, 1.54) is 19.4 Å². The molecule has 4 heteroatoms. The lowest BCUT2D eigenvalue weighted by Crippen LogP contribution is -2.60. The summed E-state index contributed by atoms with van der Waals surface area (Å²) in [5, 5.41) is 3.61. The zero-order valence-corrected chi connectivity index (χ0v) is 12.0. The molecular weight excluding hydrogens is 228 g/mol. The first kappa shape index (κ1) is 14.3. The van der Waals surface area contributed by atoms with Crippen molar-refractivity contribution >= 4 is 0 Å². The summed E-state index contributed by atoms with van der Waals surface area (Å²) in [7, 11) is 1.78. The fourth-order valence-electron chi connectivity index (χ4n) is 2.91. The Morgan fingerprint density at radius 1 is 1.28 bits per heavy atom. The molecule has 2 aliphatic carbocycles. The molecule has 0 bridgehead atoms. The van der Waals surface area contributed by atoms with Crippen LogP contribution in [0.25, 0.3) is 0 Å². The Hall–Kier alpha value is -0.160. The Kier molecular flexibility index (Phi) is 5.42. The lowest BCUT2D eigenvalue weighted by atomic mass is 9.85. The van der Waals surface area contributed by atoms with E-state index in [1.807, 2.05) is 6.92 Å². The zero-order chi connectivity index (χ0) is 13.0. The second kappa shape index (κ2) is 6.85. The Labute approximate surface area is 111 Å². The van der Waals surface area contributed by atoms with Crippen molar-refractivity contribution in [3.05, 3.63) is 0 Å². The average Bonchev–Trinajstić information content (AvgIpc) is 3.16. The van der Waals surface area contributed by atoms with E-state index in [9.17, 15) is 0 Å². The molecule has 0 amide bonds. The SMILES string of the molecule is CCOC1CC(NCCN(CC)C2CC2)C1OC. The fraction of sp³-hybridized carbons (Fsp3) is 1.00. The van der Waals surface area contributed by atoms with Gasteiger partial charge in [0.1, 0.15) is 0 Å². The largest absolute Gasteiger partial charge is 0.377 e. The molecule has 0 spiro atoms. The molecule has 2 rings (SSSR count). The van der Waals surface area contributed by atoms with Crippen LogP contribution >= 0.6 is 0 Å². The van der Waals surface area contributed by atoms with Crippen LogP contribution in [0.5, 0.6) is 0 Å². The molecular formula is C14H28N2O2. The van der Waals surface area contributed by atoms with Gasteiger partial charge in [-0.1, -0.05) is 6.92 Å². The predicted molar refractivity (Wildman–Crippen MR) is 72.9 cm³/mol. The van der Waals surface area contributed by atoms with Crippen molar-refractivity contribution in [1.82, 2.24) is 10.2 Å². The summed E-state index contributed by atoms with van der Waals surface area (Å²) in [5.41, 5.74) is 0. The maximum atomic E-state index is 5.63. The molecule has 1 N–H and O–H groups in total. The first-order chi connectivity index (χ1) is 8.80. The van der Waals surface area contributed by atoms with Crippen molar-refractivity contribution in [3.63, 3.8) is 0 Å². The van der Waals surface area contributed by atoms with E-state index in [0.717, 1.165) is 32.2 Å². The zero-order valence-electron chi connectivity index (χ0n) is 12.0. The molecule has 0 heterocycles. The third-order valence-electron chi connectivity index (χ3n) is 4.18. The number of rotatable bonds is 9. The highest BCUT2D eigenvalue weighted by molar-refractivity contribution is 4.97. The van der Waals surface area contributed by atoms with Crippen LogP contribution in [-0.4, -0.2) is 62.5 Å². The van der Waals surface area contributed by atoms with Crippen LogP contribution in [0.2, 0.25) is 0 Å². The minimum Gasteiger partial charge on any atom is -0.377 e. The number of hydrogen-bond donors (Lipinski definition) is 1. The minimum absolute atomic E-state index is 0.237. The van der Waals surface area contributed by atoms with E-state index < -0.39 is 0 Å². The molecule has 0 aromatic carbocycles. The smallest absolute Gasteiger partial charge is 0.0986 e. The topological polar surface area (TPSA) is 33.7 Å². The van der Waals surface area contributed by atoms with Crippen LogP contribution in [0, 0.1) is 0 Å². The number of nitrogens with one attached hydrogen (secondary N) is 1. The van der Waals surface area contributed by atoms with Crippen LogP contribution < -0.4 is 5.32 Å². The highest BCUT2D eigenvalue weighted by Gasteiger charge is 2.41. The monoisotopic (exact) mass is 256 g/mol. The van der Waals surface area contributed by atoms with E-state index in [1.54, 1.807) is 7.11 Å². The molecule has 0 saturated heterocycles. The van der Waals surface area contributed by atoms with Crippen molar-refractivity contribution in [1.29, 1.82) is 0 Å². The third-order valence-corrected chi connectivity index (χ3v) is 4.18. The first-order valence-electron chi connectivity index (χ1n) is 7.42. The molecule has 0 aromatic heterocycles. The van der Waals surface area contributed by atoms with E-state index in [4.69, 9.17) is 9.47 Å². The molecule has 0 aliphatic heterocycles. The van der Waals surface area contributed by atoms with E-state index in [-0.39, 0.29) is 6.10 Å². The van der Waals surface area contributed by atoms with Gasteiger partial charge >= 0.3 is 0 Å². The maximum Gasteiger partial charge on any atom is 0.0986 e. The number of hydrogen-bond acceptors (Lipinski definition) is 4. The van der Waals surface area contributed by atoms with Gasteiger partial charge in [-0.2, -0.15) is 0 Å². The summed E-state index contributed by atoms with van der Waals surface area (Å²) < 4.78 is 11.1. The third kappa shape index (κ3) is 3.44. The molecule has 18 heavy (non-hydrogen) atoms. The van der Waals surface area contributed by atoms with Gasteiger partial charge in [-0.05, 0) is 32.7 Å². The molecule has 4 nitrogen and oxygen atoms in total. The van der Waals surface area contributed by atoms with Gasteiger partial charge in [0, 0.05) is 38.9 Å². The second-order valence-corrected chi connectivity index (χ2v) is 5.35. The van der Waals surface area contributed by atoms with Gasteiger partial charge in [0.25, 0.3) is 0 Å². The molecule has 2 fully saturated rings. The number of nitrogens with zero attached hydrogens (tertiary/aromatic N) is 1. The van der Waals surface area contributed by atoms with Crippen molar-refractivity contribution in [2.45, 2.75) is 57.4 Å². The molecule has 0 radical (unpaired) electrons. The quantitative estimate of drug-likeness (QED) is 0.673. The predicted octanol–water partition coefficient (Wildman–Crippen LogP) is 1.25. The first-order valence-corrected chi connectivity index (χ1v) is 7.42. The molecule has 106 valence electrons. The Bertz CT molecular complexity index is 246. The number of methoxy groups -OCH3 is 1. The minimum atomic E-state index is 0.237. The Morgan fingerprint density at radius 2 is 2.06 bits per heavy atom. The Balaban J connectivity index is 1.61. The highest BCUT2D eigenvalue weighted by Crippen LogP contribution is 2.28. The Morgan fingerprint density at radius 3 is 2.61 bits per heavy atom. The standard InChI is InChI=1S/C14H28N2O2/c1-4-16(11-6-7-11)9-8-15-12-10-13(18-5-2)14(12)17-3/h11-15H,4-10H2,1-3H3. The number of ether oxygens (including phenoxy) is 2. The summed E-state index contributed by atoms with van der Waals surface area (Å²) >= 11 is 0. The summed E-state index contributed by atoms with van der Waals surface area (Å²) in [5.74, 6) is 0. The maximum absolute atomic E-state index is 5.63. The highest BCUT2D eigenvalue weighted by atomic mass is 16.5. The van der Waals surface area contributed by atoms with Crippen LogP contribution in [0.1, 0.15) is 33.1 Å². The summed E-state index contributed by atoms with van der Waals surface area (Å²) in [6.45, 7) is 8.48. The van der Waals surface area contributed by atoms with Crippen LogP contribution in [0.3, 0.4) is 0 Å². The molecule has 0 aromatic rings. The molecule has 3 atom stereocenters. The van der Waals surface area contributed by atoms with Gasteiger partial charge < -0.3 is 14.8 Å². The van der Waals surface area contributed by atoms with Gasteiger partial charge in [-0.3, -0.25) is 4.90 Å². The van der Waals surface area contributed by atoms with Crippen LogP contribution in [0.4, 0.5) is 0 Å².